The Kier molecular flexibility index (Phi) is 2.59. The Morgan fingerprint density at radius 2 is 1.93 bits per heavy atom. The standard InChI is InChI=1S/C8H8O7/c1-3(9)8(15-4(2)10)5(11)6(12)14-7(8)13/h5,11H,1-2H3. The molecule has 2 unspecified atom stereocenters. The molecule has 0 radical (unpaired) electrons. The average Bonchev–Trinajstić information content (AvgIpc) is 2.29. The maximum atomic E-state index is 11.2. The molecular formula is C8H8O7. The Labute approximate surface area is 84.0 Å². The molecule has 1 rings (SSSR count). The van der Waals surface area contributed by atoms with Gasteiger partial charge in [-0.1, -0.05) is 0 Å². The van der Waals surface area contributed by atoms with Gasteiger partial charge in [-0.25, -0.2) is 9.59 Å². The van der Waals surface area contributed by atoms with E-state index in [0.717, 1.165) is 13.8 Å². The Bertz CT molecular complexity index is 358. The van der Waals surface area contributed by atoms with Crippen LogP contribution in [0.1, 0.15) is 13.8 Å². The zero-order valence-electron chi connectivity index (χ0n) is 7.97. The fourth-order valence-electron chi connectivity index (χ4n) is 1.23. The molecular weight excluding hydrogens is 208 g/mol. The predicted octanol–water partition coefficient (Wildman–Crippen LogP) is -1.68. The average molecular weight is 216 g/mol. The normalized spacial score (nSPS) is 29.9. The SMILES string of the molecule is CC(=O)OC1(C(C)=O)C(=O)OC(=O)C1O. The van der Waals surface area contributed by atoms with E-state index < -0.39 is 35.4 Å². The van der Waals surface area contributed by atoms with Gasteiger partial charge < -0.3 is 14.6 Å². The summed E-state index contributed by atoms with van der Waals surface area (Å²) in [5.41, 5.74) is -2.54. The van der Waals surface area contributed by atoms with Gasteiger partial charge in [0, 0.05) is 6.92 Å². The van der Waals surface area contributed by atoms with Gasteiger partial charge in [-0.15, -0.1) is 0 Å². The van der Waals surface area contributed by atoms with E-state index in [1.54, 1.807) is 0 Å². The minimum atomic E-state index is -2.54. The van der Waals surface area contributed by atoms with Crippen molar-refractivity contribution in [1.29, 1.82) is 0 Å². The Hall–Kier alpha value is -1.76. The summed E-state index contributed by atoms with van der Waals surface area (Å²) >= 11 is 0. The van der Waals surface area contributed by atoms with Gasteiger partial charge in [0.2, 0.25) is 6.10 Å². The molecule has 1 N–H and O–H groups in total. The van der Waals surface area contributed by atoms with Gasteiger partial charge >= 0.3 is 23.5 Å². The minimum absolute atomic E-state index is 0.909. The van der Waals surface area contributed by atoms with Crippen molar-refractivity contribution in [2.45, 2.75) is 25.6 Å². The molecule has 15 heavy (non-hydrogen) atoms. The summed E-state index contributed by atoms with van der Waals surface area (Å²) in [6.45, 7) is 1.85. The molecule has 0 aliphatic carbocycles. The van der Waals surface area contributed by atoms with E-state index in [1.807, 2.05) is 0 Å². The van der Waals surface area contributed by atoms with E-state index in [1.165, 1.54) is 0 Å². The van der Waals surface area contributed by atoms with Crippen molar-refractivity contribution in [1.82, 2.24) is 0 Å². The molecule has 0 amide bonds. The predicted molar refractivity (Wildman–Crippen MR) is 42.3 cm³/mol. The van der Waals surface area contributed by atoms with Crippen LogP contribution in [-0.4, -0.2) is 40.5 Å². The van der Waals surface area contributed by atoms with E-state index >= 15 is 0 Å². The van der Waals surface area contributed by atoms with Crippen LogP contribution in [-0.2, 0) is 28.7 Å². The van der Waals surface area contributed by atoms with Crippen molar-refractivity contribution in [3.05, 3.63) is 0 Å². The molecule has 0 aromatic rings. The van der Waals surface area contributed by atoms with Crippen molar-refractivity contribution >= 4 is 23.7 Å². The molecule has 0 aromatic carbocycles. The number of Topliss-reactive ketones (excluding diaryl/α,β-unsaturated/α-hetero) is 1. The second-order valence-corrected chi connectivity index (χ2v) is 3.00. The quantitative estimate of drug-likeness (QED) is 0.434. The van der Waals surface area contributed by atoms with Crippen LogP contribution in [0, 0.1) is 0 Å². The molecule has 1 saturated heterocycles. The zero-order valence-corrected chi connectivity index (χ0v) is 7.97. The Morgan fingerprint density at radius 3 is 2.20 bits per heavy atom. The molecule has 0 spiro atoms. The number of hydrogen-bond acceptors (Lipinski definition) is 7. The highest BCUT2D eigenvalue weighted by Gasteiger charge is 2.64. The lowest BCUT2D eigenvalue weighted by Gasteiger charge is -2.22. The van der Waals surface area contributed by atoms with E-state index in [0.29, 0.717) is 0 Å². The molecule has 1 heterocycles. The molecule has 1 fully saturated rings. The van der Waals surface area contributed by atoms with Crippen LogP contribution in [0.15, 0.2) is 0 Å². The van der Waals surface area contributed by atoms with E-state index in [2.05, 4.69) is 9.47 Å². The molecule has 0 bridgehead atoms. The van der Waals surface area contributed by atoms with Crippen LogP contribution >= 0.6 is 0 Å². The van der Waals surface area contributed by atoms with Gasteiger partial charge in [0.25, 0.3) is 0 Å². The summed E-state index contributed by atoms with van der Waals surface area (Å²) in [4.78, 5) is 43.9. The van der Waals surface area contributed by atoms with Crippen molar-refractivity contribution in [3.63, 3.8) is 0 Å². The smallest absolute Gasteiger partial charge is 0.369 e. The summed E-state index contributed by atoms with van der Waals surface area (Å²) in [5.74, 6) is -4.63. The van der Waals surface area contributed by atoms with Crippen LogP contribution in [0.25, 0.3) is 0 Å². The fraction of sp³-hybridized carbons (Fsp3) is 0.500. The van der Waals surface area contributed by atoms with Crippen LogP contribution in [0.2, 0.25) is 0 Å². The number of aliphatic hydroxyl groups is 1. The first kappa shape index (κ1) is 11.3. The molecule has 1 aliphatic rings. The highest BCUT2D eigenvalue weighted by Crippen LogP contribution is 2.27. The number of carbonyl (C=O) groups is 4. The van der Waals surface area contributed by atoms with Crippen molar-refractivity contribution < 1.29 is 33.8 Å². The third kappa shape index (κ3) is 1.50. The highest BCUT2D eigenvalue weighted by atomic mass is 16.7. The number of hydrogen-bond donors (Lipinski definition) is 1. The molecule has 1 aliphatic heterocycles. The van der Waals surface area contributed by atoms with Gasteiger partial charge in [0.1, 0.15) is 0 Å². The van der Waals surface area contributed by atoms with Gasteiger partial charge in [-0.05, 0) is 6.92 Å². The Morgan fingerprint density at radius 1 is 1.40 bits per heavy atom. The summed E-state index contributed by atoms with van der Waals surface area (Å²) in [5, 5.41) is 9.30. The second-order valence-electron chi connectivity index (χ2n) is 3.00. The van der Waals surface area contributed by atoms with Crippen molar-refractivity contribution in [2.75, 3.05) is 0 Å². The topological polar surface area (TPSA) is 107 Å². The molecule has 0 aromatic heterocycles. The molecule has 2 atom stereocenters. The van der Waals surface area contributed by atoms with E-state index in [4.69, 9.17) is 0 Å². The molecule has 0 saturated carbocycles. The number of ketones is 1. The first-order valence-electron chi connectivity index (χ1n) is 3.97. The molecule has 82 valence electrons. The maximum Gasteiger partial charge on any atom is 0.369 e. The van der Waals surface area contributed by atoms with E-state index in [-0.39, 0.29) is 0 Å². The highest BCUT2D eigenvalue weighted by molar-refractivity contribution is 6.18. The maximum absolute atomic E-state index is 11.2. The first-order chi connectivity index (χ1) is 6.82. The number of ether oxygens (including phenoxy) is 2. The number of rotatable bonds is 2. The zero-order chi connectivity index (χ0) is 11.8. The summed E-state index contributed by atoms with van der Waals surface area (Å²) in [6, 6.07) is 0. The van der Waals surface area contributed by atoms with Gasteiger partial charge in [-0.2, -0.15) is 0 Å². The largest absolute Gasteiger partial charge is 0.435 e. The molecule has 7 nitrogen and oxygen atoms in total. The number of aliphatic hydroxyl groups excluding tert-OH is 1. The lowest BCUT2D eigenvalue weighted by Crippen LogP contribution is -2.54. The lowest BCUT2D eigenvalue weighted by atomic mass is 9.94. The summed E-state index contributed by atoms with van der Waals surface area (Å²) in [6.07, 6.45) is -2.11. The fourth-order valence-corrected chi connectivity index (χ4v) is 1.23. The second kappa shape index (κ2) is 3.43. The Balaban J connectivity index is 3.21. The summed E-state index contributed by atoms with van der Waals surface area (Å²) in [7, 11) is 0. The summed E-state index contributed by atoms with van der Waals surface area (Å²) < 4.78 is 8.45. The van der Waals surface area contributed by atoms with Crippen LogP contribution < -0.4 is 0 Å². The van der Waals surface area contributed by atoms with Crippen LogP contribution in [0.3, 0.4) is 0 Å². The van der Waals surface area contributed by atoms with E-state index in [9.17, 15) is 24.3 Å². The van der Waals surface area contributed by atoms with Gasteiger partial charge in [0.05, 0.1) is 0 Å². The number of esters is 3. The molecule has 7 heteroatoms. The number of carbonyl (C=O) groups excluding carboxylic acids is 4. The van der Waals surface area contributed by atoms with Gasteiger partial charge in [0.15, 0.2) is 5.78 Å². The first-order valence-corrected chi connectivity index (χ1v) is 3.97. The van der Waals surface area contributed by atoms with Crippen LogP contribution in [0.4, 0.5) is 0 Å². The third-order valence-electron chi connectivity index (χ3n) is 1.93. The van der Waals surface area contributed by atoms with Gasteiger partial charge in [-0.3, -0.25) is 9.59 Å². The minimum Gasteiger partial charge on any atom is -0.435 e. The van der Waals surface area contributed by atoms with Crippen molar-refractivity contribution in [2.24, 2.45) is 0 Å². The van der Waals surface area contributed by atoms with Crippen LogP contribution in [0.5, 0.6) is 0 Å². The monoisotopic (exact) mass is 216 g/mol. The lowest BCUT2D eigenvalue weighted by molar-refractivity contribution is -0.181. The van der Waals surface area contributed by atoms with Crippen molar-refractivity contribution in [3.8, 4) is 0 Å². The number of cyclic esters (lactones) is 2. The third-order valence-corrected chi connectivity index (χ3v) is 1.93.